The molecule has 0 radical (unpaired) electrons. The van der Waals surface area contributed by atoms with Crippen LogP contribution in [0.3, 0.4) is 0 Å². The Morgan fingerprint density at radius 3 is 3.57 bits per heavy atom. The van der Waals surface area contributed by atoms with E-state index in [0.29, 0.717) is 6.61 Å². The SMILES string of the molecule is C1=COC=NOC1. The molecule has 0 bridgehead atoms. The first-order chi connectivity index (χ1) is 3.50. The maximum absolute atomic E-state index is 4.60. The molecular formula is C4H5NO2. The lowest BCUT2D eigenvalue weighted by molar-refractivity contribution is 0.175. The quantitative estimate of drug-likeness (QED) is 0.442. The van der Waals surface area contributed by atoms with Gasteiger partial charge in [-0.25, -0.2) is 0 Å². The highest BCUT2D eigenvalue weighted by molar-refractivity contribution is 5.46. The molecule has 1 rings (SSSR count). The van der Waals surface area contributed by atoms with Crippen LogP contribution in [0.2, 0.25) is 0 Å². The molecule has 0 aromatic carbocycles. The van der Waals surface area contributed by atoms with Crippen LogP contribution in [0.4, 0.5) is 0 Å². The van der Waals surface area contributed by atoms with E-state index in [2.05, 4.69) is 14.7 Å². The molecule has 0 atom stereocenters. The summed E-state index contributed by atoms with van der Waals surface area (Å²) in [6, 6.07) is 0. The smallest absolute Gasteiger partial charge is 0.217 e. The molecule has 0 aliphatic carbocycles. The lowest BCUT2D eigenvalue weighted by atomic mass is 10.7. The Balaban J connectivity index is 2.38. The zero-order valence-corrected chi connectivity index (χ0v) is 3.70. The Bertz CT molecular complexity index is 85.9. The highest BCUT2D eigenvalue weighted by Gasteiger charge is 1.79. The summed E-state index contributed by atoms with van der Waals surface area (Å²) in [5.74, 6) is 0. The second-order valence-corrected chi connectivity index (χ2v) is 1.01. The molecule has 0 unspecified atom stereocenters. The average Bonchev–Trinajstić information content (AvgIpc) is 1.90. The standard InChI is InChI=1S/C4H5NO2/c1-2-6-4-5-7-3-1/h1-2,4H,3H2. The molecule has 0 amide bonds. The van der Waals surface area contributed by atoms with Gasteiger partial charge in [-0.1, -0.05) is 5.16 Å². The van der Waals surface area contributed by atoms with E-state index in [1.807, 2.05) is 0 Å². The van der Waals surface area contributed by atoms with Gasteiger partial charge in [0, 0.05) is 0 Å². The molecule has 0 saturated carbocycles. The summed E-state index contributed by atoms with van der Waals surface area (Å²) in [5, 5.41) is 3.36. The molecule has 3 heteroatoms. The Morgan fingerprint density at radius 2 is 2.57 bits per heavy atom. The minimum absolute atomic E-state index is 0.497. The van der Waals surface area contributed by atoms with Crippen LogP contribution in [0.25, 0.3) is 0 Å². The summed E-state index contributed by atoms with van der Waals surface area (Å²) >= 11 is 0. The highest BCUT2D eigenvalue weighted by atomic mass is 16.6. The van der Waals surface area contributed by atoms with E-state index in [9.17, 15) is 0 Å². The summed E-state index contributed by atoms with van der Waals surface area (Å²) in [4.78, 5) is 4.55. The van der Waals surface area contributed by atoms with Crippen molar-refractivity contribution in [1.29, 1.82) is 0 Å². The van der Waals surface area contributed by atoms with Crippen LogP contribution in [0.5, 0.6) is 0 Å². The molecule has 0 aromatic heterocycles. The third kappa shape index (κ3) is 1.26. The largest absolute Gasteiger partial charge is 0.450 e. The van der Waals surface area contributed by atoms with Gasteiger partial charge in [0.2, 0.25) is 6.40 Å². The number of oxime groups is 1. The van der Waals surface area contributed by atoms with Crippen molar-refractivity contribution in [1.82, 2.24) is 0 Å². The number of ether oxygens (including phenoxy) is 1. The van der Waals surface area contributed by atoms with Gasteiger partial charge in [-0.2, -0.15) is 0 Å². The molecular weight excluding hydrogens is 94.0 g/mol. The van der Waals surface area contributed by atoms with E-state index in [1.54, 1.807) is 6.08 Å². The predicted octanol–water partition coefficient (Wildman–Crippen LogP) is 0.490. The maximum Gasteiger partial charge on any atom is 0.217 e. The lowest BCUT2D eigenvalue weighted by Gasteiger charge is -1.82. The van der Waals surface area contributed by atoms with E-state index in [0.717, 1.165) is 0 Å². The number of rotatable bonds is 0. The van der Waals surface area contributed by atoms with Crippen LogP contribution in [0, 0.1) is 0 Å². The van der Waals surface area contributed by atoms with Crippen molar-refractivity contribution in [2.75, 3.05) is 6.61 Å². The second-order valence-electron chi connectivity index (χ2n) is 1.01. The topological polar surface area (TPSA) is 30.8 Å². The van der Waals surface area contributed by atoms with Crippen molar-refractivity contribution in [2.45, 2.75) is 0 Å². The maximum atomic E-state index is 4.60. The van der Waals surface area contributed by atoms with Gasteiger partial charge in [-0.15, -0.1) is 0 Å². The Morgan fingerprint density at radius 1 is 1.57 bits per heavy atom. The second kappa shape index (κ2) is 2.23. The number of hydrogen-bond acceptors (Lipinski definition) is 3. The molecule has 7 heavy (non-hydrogen) atoms. The first-order valence-electron chi connectivity index (χ1n) is 1.94. The van der Waals surface area contributed by atoms with Crippen molar-refractivity contribution >= 4 is 6.40 Å². The van der Waals surface area contributed by atoms with Gasteiger partial charge in [0.15, 0.2) is 0 Å². The monoisotopic (exact) mass is 99.0 g/mol. The molecule has 3 nitrogen and oxygen atoms in total. The summed E-state index contributed by atoms with van der Waals surface area (Å²) in [6.07, 6.45) is 4.49. The molecule has 0 saturated heterocycles. The van der Waals surface area contributed by atoms with Crippen molar-refractivity contribution in [3.8, 4) is 0 Å². The van der Waals surface area contributed by atoms with Gasteiger partial charge in [0.25, 0.3) is 0 Å². The highest BCUT2D eigenvalue weighted by Crippen LogP contribution is 1.83. The Kier molecular flexibility index (Phi) is 1.33. The molecule has 38 valence electrons. The van der Waals surface area contributed by atoms with E-state index in [1.165, 1.54) is 12.7 Å². The summed E-state index contributed by atoms with van der Waals surface area (Å²) in [5.41, 5.74) is 0. The summed E-state index contributed by atoms with van der Waals surface area (Å²) in [6.45, 7) is 0.497. The van der Waals surface area contributed by atoms with Crippen molar-refractivity contribution in [2.24, 2.45) is 5.16 Å². The van der Waals surface area contributed by atoms with Gasteiger partial charge in [-0.3, -0.25) is 0 Å². The van der Waals surface area contributed by atoms with E-state index < -0.39 is 0 Å². The normalized spacial score (nSPS) is 17.1. The van der Waals surface area contributed by atoms with Crippen molar-refractivity contribution in [3.63, 3.8) is 0 Å². The third-order valence-corrected chi connectivity index (χ3v) is 0.524. The Hall–Kier alpha value is -0.990. The van der Waals surface area contributed by atoms with Gasteiger partial charge >= 0.3 is 0 Å². The molecule has 0 fully saturated rings. The van der Waals surface area contributed by atoms with Gasteiger partial charge in [0.1, 0.15) is 6.61 Å². The zero-order valence-electron chi connectivity index (χ0n) is 3.70. The first kappa shape index (κ1) is 4.18. The van der Waals surface area contributed by atoms with Gasteiger partial charge in [0.05, 0.1) is 6.26 Å². The van der Waals surface area contributed by atoms with Crippen LogP contribution in [-0.4, -0.2) is 13.0 Å². The fourth-order valence-corrected chi connectivity index (χ4v) is 0.271. The number of nitrogens with zero attached hydrogens (tertiary/aromatic N) is 1. The van der Waals surface area contributed by atoms with Crippen LogP contribution >= 0.6 is 0 Å². The molecule has 0 spiro atoms. The van der Waals surface area contributed by atoms with E-state index in [-0.39, 0.29) is 0 Å². The molecule has 1 aliphatic heterocycles. The molecule has 0 aromatic rings. The van der Waals surface area contributed by atoms with Gasteiger partial charge in [-0.05, 0) is 6.08 Å². The van der Waals surface area contributed by atoms with Crippen LogP contribution in [0.15, 0.2) is 17.5 Å². The lowest BCUT2D eigenvalue weighted by Crippen LogP contribution is -1.76. The number of hydrogen-bond donors (Lipinski definition) is 0. The zero-order chi connectivity index (χ0) is 4.95. The minimum atomic E-state index is 0.497. The van der Waals surface area contributed by atoms with Crippen molar-refractivity contribution in [3.05, 3.63) is 12.3 Å². The molecule has 1 aliphatic rings. The van der Waals surface area contributed by atoms with Crippen molar-refractivity contribution < 1.29 is 9.57 Å². The fraction of sp³-hybridized carbons (Fsp3) is 0.250. The van der Waals surface area contributed by atoms with Crippen LogP contribution in [0.1, 0.15) is 0 Å². The third-order valence-electron chi connectivity index (χ3n) is 0.524. The average molecular weight is 99.1 g/mol. The van der Waals surface area contributed by atoms with E-state index >= 15 is 0 Å². The summed E-state index contributed by atoms with van der Waals surface area (Å²) in [7, 11) is 0. The van der Waals surface area contributed by atoms with Gasteiger partial charge < -0.3 is 9.57 Å². The van der Waals surface area contributed by atoms with E-state index in [4.69, 9.17) is 0 Å². The Labute approximate surface area is 41.2 Å². The first-order valence-corrected chi connectivity index (χ1v) is 1.94. The summed E-state index contributed by atoms with van der Waals surface area (Å²) < 4.78 is 4.60. The fourth-order valence-electron chi connectivity index (χ4n) is 0.271. The predicted molar refractivity (Wildman–Crippen MR) is 24.7 cm³/mol. The minimum Gasteiger partial charge on any atom is -0.450 e. The van der Waals surface area contributed by atoms with Crippen LogP contribution < -0.4 is 0 Å². The molecule has 0 N–H and O–H groups in total. The molecule has 1 heterocycles. The van der Waals surface area contributed by atoms with Crippen LogP contribution in [-0.2, 0) is 9.57 Å².